The summed E-state index contributed by atoms with van der Waals surface area (Å²) in [7, 11) is 1.35. The highest BCUT2D eigenvalue weighted by atomic mass is 35.7. The first-order valence-corrected chi connectivity index (χ1v) is 6.87. The zero-order chi connectivity index (χ0) is 12.3. The van der Waals surface area contributed by atoms with Crippen LogP contribution in [0.25, 0.3) is 0 Å². The van der Waals surface area contributed by atoms with Gasteiger partial charge in [0.1, 0.15) is 0 Å². The van der Waals surface area contributed by atoms with Crippen molar-refractivity contribution in [1.29, 1.82) is 0 Å². The predicted molar refractivity (Wildman–Crippen MR) is 61.0 cm³/mol. The third-order valence-electron chi connectivity index (χ3n) is 1.91. The molecule has 1 N–H and O–H groups in total. The van der Waals surface area contributed by atoms with Crippen LogP contribution in [0.5, 0.6) is 0 Å². The molecule has 5 nitrogen and oxygen atoms in total. The molecule has 0 aliphatic rings. The second kappa shape index (κ2) is 4.80. The van der Waals surface area contributed by atoms with Crippen molar-refractivity contribution >= 4 is 31.3 Å². The van der Waals surface area contributed by atoms with Crippen molar-refractivity contribution < 1.29 is 13.2 Å². The van der Waals surface area contributed by atoms with Crippen LogP contribution < -0.4 is 5.32 Å². The van der Waals surface area contributed by atoms with E-state index >= 15 is 0 Å². The van der Waals surface area contributed by atoms with E-state index in [1.54, 1.807) is 6.92 Å². The molecule has 7 heteroatoms. The second-order valence-electron chi connectivity index (χ2n) is 3.11. The van der Waals surface area contributed by atoms with Gasteiger partial charge in [-0.2, -0.15) is 0 Å². The summed E-state index contributed by atoms with van der Waals surface area (Å²) in [5.41, 5.74) is 0.830. The molecule has 0 saturated carbocycles. The number of carbonyl (C=O) groups is 1. The number of pyridine rings is 1. The van der Waals surface area contributed by atoms with Crippen molar-refractivity contribution in [2.24, 2.45) is 0 Å². The van der Waals surface area contributed by atoms with Gasteiger partial charge in [0, 0.05) is 35.1 Å². The predicted octanol–water partition coefficient (Wildman–Crippen LogP) is 1.53. The lowest BCUT2D eigenvalue weighted by atomic mass is 10.2. The van der Waals surface area contributed by atoms with Crippen molar-refractivity contribution in [3.05, 3.63) is 17.8 Å². The van der Waals surface area contributed by atoms with Gasteiger partial charge in [-0.15, -0.1) is 0 Å². The molecule has 1 rings (SSSR count). The first-order valence-electron chi connectivity index (χ1n) is 4.56. The van der Waals surface area contributed by atoms with Crippen LogP contribution in [-0.2, 0) is 20.3 Å². The van der Waals surface area contributed by atoms with Crippen LogP contribution in [0.1, 0.15) is 19.4 Å². The summed E-state index contributed by atoms with van der Waals surface area (Å²) in [5, 5.41) is 2.33. The van der Waals surface area contributed by atoms with Crippen LogP contribution in [-0.4, -0.2) is 19.3 Å². The first-order chi connectivity index (χ1) is 7.36. The SMILES string of the molecule is CCc1c(NC(C)=O)ccnc1S(=O)(=O)Cl. The normalized spacial score (nSPS) is 11.2. The van der Waals surface area contributed by atoms with Crippen molar-refractivity contribution in [2.75, 3.05) is 5.32 Å². The zero-order valence-corrected chi connectivity index (χ0v) is 10.4. The maximum Gasteiger partial charge on any atom is 0.279 e. The molecule has 1 aromatic heterocycles. The lowest BCUT2D eigenvalue weighted by molar-refractivity contribution is -0.114. The molecular weight excluding hydrogens is 252 g/mol. The minimum atomic E-state index is -3.89. The Morgan fingerprint density at radius 1 is 1.56 bits per heavy atom. The van der Waals surface area contributed by atoms with E-state index in [1.807, 2.05) is 0 Å². The van der Waals surface area contributed by atoms with Crippen molar-refractivity contribution in [3.8, 4) is 0 Å². The van der Waals surface area contributed by atoms with Gasteiger partial charge in [-0.25, -0.2) is 13.4 Å². The smallest absolute Gasteiger partial charge is 0.279 e. The third kappa shape index (κ3) is 2.93. The van der Waals surface area contributed by atoms with Gasteiger partial charge in [-0.3, -0.25) is 4.79 Å². The van der Waals surface area contributed by atoms with Gasteiger partial charge in [-0.1, -0.05) is 6.92 Å². The molecule has 1 heterocycles. The maximum atomic E-state index is 11.2. The number of halogens is 1. The number of nitrogens with zero attached hydrogens (tertiary/aromatic N) is 1. The summed E-state index contributed by atoms with van der Waals surface area (Å²) in [6, 6.07) is 1.53. The van der Waals surface area contributed by atoms with E-state index in [1.165, 1.54) is 19.2 Å². The summed E-state index contributed by atoms with van der Waals surface area (Å²) in [6.45, 7) is 3.10. The van der Waals surface area contributed by atoms with Crippen LogP contribution in [0, 0.1) is 0 Å². The molecular formula is C9H11ClN2O3S. The minimum Gasteiger partial charge on any atom is -0.326 e. The molecule has 1 amide bonds. The van der Waals surface area contributed by atoms with E-state index in [2.05, 4.69) is 10.3 Å². The van der Waals surface area contributed by atoms with Crippen molar-refractivity contribution in [1.82, 2.24) is 4.98 Å². The fourth-order valence-electron chi connectivity index (χ4n) is 1.33. The summed E-state index contributed by atoms with van der Waals surface area (Å²) in [4.78, 5) is 14.6. The van der Waals surface area contributed by atoms with Crippen LogP contribution in [0.4, 0.5) is 5.69 Å². The van der Waals surface area contributed by atoms with E-state index in [0.29, 0.717) is 17.7 Å². The number of nitrogens with one attached hydrogen (secondary N) is 1. The number of carbonyl (C=O) groups excluding carboxylic acids is 1. The number of anilines is 1. The topological polar surface area (TPSA) is 76.1 Å². The Bertz CT molecular complexity index is 513. The molecule has 1 aromatic rings. The molecule has 0 bridgehead atoms. The number of aromatic nitrogens is 1. The van der Waals surface area contributed by atoms with E-state index in [-0.39, 0.29) is 10.9 Å². The zero-order valence-electron chi connectivity index (χ0n) is 8.82. The Morgan fingerprint density at radius 2 is 2.19 bits per heavy atom. The van der Waals surface area contributed by atoms with E-state index in [0.717, 1.165) is 0 Å². The summed E-state index contributed by atoms with van der Waals surface area (Å²) in [5.74, 6) is -0.279. The van der Waals surface area contributed by atoms with Gasteiger partial charge in [0.15, 0.2) is 5.03 Å². The number of amides is 1. The summed E-state index contributed by atoms with van der Waals surface area (Å²) in [6.07, 6.45) is 1.70. The van der Waals surface area contributed by atoms with E-state index < -0.39 is 9.05 Å². The molecule has 88 valence electrons. The highest BCUT2D eigenvalue weighted by molar-refractivity contribution is 8.13. The van der Waals surface area contributed by atoms with Crippen LogP contribution >= 0.6 is 10.7 Å². The minimum absolute atomic E-state index is 0.206. The maximum absolute atomic E-state index is 11.2. The Labute approximate surface area is 98.3 Å². The molecule has 0 atom stereocenters. The van der Waals surface area contributed by atoms with E-state index in [9.17, 15) is 13.2 Å². The van der Waals surface area contributed by atoms with Gasteiger partial charge in [-0.05, 0) is 12.5 Å². The number of rotatable bonds is 3. The molecule has 0 aromatic carbocycles. The summed E-state index contributed by atoms with van der Waals surface area (Å²) >= 11 is 0. The Kier molecular flexibility index (Phi) is 3.88. The van der Waals surface area contributed by atoms with Gasteiger partial charge < -0.3 is 5.32 Å². The van der Waals surface area contributed by atoms with Crippen LogP contribution in [0.15, 0.2) is 17.3 Å². The number of hydrogen-bond donors (Lipinski definition) is 1. The first kappa shape index (κ1) is 12.9. The largest absolute Gasteiger partial charge is 0.326 e. The quantitative estimate of drug-likeness (QED) is 0.838. The average molecular weight is 263 g/mol. The second-order valence-corrected chi connectivity index (χ2v) is 5.60. The molecule has 0 aliphatic heterocycles. The molecule has 0 spiro atoms. The molecule has 0 saturated heterocycles. The van der Waals surface area contributed by atoms with Crippen LogP contribution in [0.2, 0.25) is 0 Å². The Balaban J connectivity index is 3.38. The molecule has 0 aliphatic carbocycles. The number of hydrogen-bond acceptors (Lipinski definition) is 4. The average Bonchev–Trinajstić information content (AvgIpc) is 2.15. The van der Waals surface area contributed by atoms with Gasteiger partial charge >= 0.3 is 0 Å². The Hall–Kier alpha value is -1.14. The van der Waals surface area contributed by atoms with Crippen molar-refractivity contribution in [2.45, 2.75) is 25.3 Å². The summed E-state index contributed by atoms with van der Waals surface area (Å²) < 4.78 is 22.5. The lowest BCUT2D eigenvalue weighted by Crippen LogP contribution is -2.11. The molecule has 0 fully saturated rings. The standard InChI is InChI=1S/C9H11ClN2O3S/c1-3-7-8(12-6(2)13)4-5-11-9(7)16(10,14)15/h4-5H,3H2,1-2H3,(H,11,12,13). The molecule has 16 heavy (non-hydrogen) atoms. The van der Waals surface area contributed by atoms with Crippen LogP contribution in [0.3, 0.4) is 0 Å². The van der Waals surface area contributed by atoms with Gasteiger partial charge in [0.05, 0.1) is 0 Å². The molecule has 0 unspecified atom stereocenters. The fraction of sp³-hybridized carbons (Fsp3) is 0.333. The highest BCUT2D eigenvalue weighted by Crippen LogP contribution is 2.24. The highest BCUT2D eigenvalue weighted by Gasteiger charge is 2.19. The fourth-order valence-corrected chi connectivity index (χ4v) is 2.47. The molecule has 0 radical (unpaired) electrons. The van der Waals surface area contributed by atoms with Gasteiger partial charge in [0.25, 0.3) is 9.05 Å². The Morgan fingerprint density at radius 3 is 2.62 bits per heavy atom. The lowest BCUT2D eigenvalue weighted by Gasteiger charge is -2.10. The monoisotopic (exact) mass is 262 g/mol. The van der Waals surface area contributed by atoms with Crippen molar-refractivity contribution in [3.63, 3.8) is 0 Å². The van der Waals surface area contributed by atoms with E-state index in [4.69, 9.17) is 10.7 Å². The van der Waals surface area contributed by atoms with Gasteiger partial charge in [0.2, 0.25) is 5.91 Å². The third-order valence-corrected chi connectivity index (χ3v) is 3.16.